The maximum absolute atomic E-state index is 11.0. The van der Waals surface area contributed by atoms with Gasteiger partial charge in [-0.25, -0.2) is 0 Å². The quantitative estimate of drug-likeness (QED) is 0.601. The number of nitro benzene ring substituents is 1. The van der Waals surface area contributed by atoms with Gasteiger partial charge in [-0.1, -0.05) is 0 Å². The molecule has 0 unspecified atom stereocenters. The van der Waals surface area contributed by atoms with Crippen molar-refractivity contribution in [3.63, 3.8) is 0 Å². The molecule has 0 spiro atoms. The van der Waals surface area contributed by atoms with E-state index in [1.54, 1.807) is 23.5 Å². The van der Waals surface area contributed by atoms with Gasteiger partial charge in [0.15, 0.2) is 0 Å². The summed E-state index contributed by atoms with van der Waals surface area (Å²) in [4.78, 5) is 13.9. The maximum atomic E-state index is 11.0. The highest BCUT2D eigenvalue weighted by atomic mass is 79.9. The SMILES string of the molecule is CCNc1cc(N(C)Cc2cc(Br)cs2)cc([N+](=O)[O-])c1. The number of hydrogen-bond donors (Lipinski definition) is 1. The molecule has 1 aromatic carbocycles. The van der Waals surface area contributed by atoms with Gasteiger partial charge in [0.2, 0.25) is 0 Å². The number of benzene rings is 1. The second kappa shape index (κ2) is 6.91. The number of nitro groups is 1. The van der Waals surface area contributed by atoms with Gasteiger partial charge >= 0.3 is 0 Å². The van der Waals surface area contributed by atoms with E-state index >= 15 is 0 Å². The predicted molar refractivity (Wildman–Crippen MR) is 91.4 cm³/mol. The molecule has 0 atom stereocenters. The van der Waals surface area contributed by atoms with Crippen molar-refractivity contribution in [3.05, 3.63) is 49.1 Å². The third-order valence-electron chi connectivity index (χ3n) is 2.95. The van der Waals surface area contributed by atoms with Crippen molar-refractivity contribution in [2.24, 2.45) is 0 Å². The molecule has 0 bridgehead atoms. The first-order chi connectivity index (χ1) is 9.99. The maximum Gasteiger partial charge on any atom is 0.273 e. The summed E-state index contributed by atoms with van der Waals surface area (Å²) in [5, 5.41) is 16.2. The first-order valence-corrected chi connectivity index (χ1v) is 8.14. The summed E-state index contributed by atoms with van der Waals surface area (Å²) in [6, 6.07) is 7.15. The molecule has 1 N–H and O–H groups in total. The molecule has 5 nitrogen and oxygen atoms in total. The van der Waals surface area contributed by atoms with Crippen LogP contribution < -0.4 is 10.2 Å². The van der Waals surface area contributed by atoms with Crippen molar-refractivity contribution in [1.82, 2.24) is 0 Å². The van der Waals surface area contributed by atoms with Crippen molar-refractivity contribution in [2.45, 2.75) is 13.5 Å². The average molecular weight is 370 g/mol. The summed E-state index contributed by atoms with van der Waals surface area (Å²) >= 11 is 5.09. The molecule has 0 amide bonds. The van der Waals surface area contributed by atoms with E-state index < -0.39 is 0 Å². The van der Waals surface area contributed by atoms with Gasteiger partial charge < -0.3 is 10.2 Å². The fourth-order valence-electron chi connectivity index (χ4n) is 1.99. The summed E-state index contributed by atoms with van der Waals surface area (Å²) in [7, 11) is 1.93. The molecule has 0 radical (unpaired) electrons. The molecule has 1 aromatic heterocycles. The normalized spacial score (nSPS) is 10.4. The van der Waals surface area contributed by atoms with Gasteiger partial charge in [0.1, 0.15) is 0 Å². The monoisotopic (exact) mass is 369 g/mol. The zero-order chi connectivity index (χ0) is 15.4. The van der Waals surface area contributed by atoms with E-state index in [1.165, 1.54) is 4.88 Å². The van der Waals surface area contributed by atoms with Gasteiger partial charge in [0.25, 0.3) is 5.69 Å². The number of non-ortho nitro benzene ring substituents is 1. The van der Waals surface area contributed by atoms with E-state index in [-0.39, 0.29) is 10.6 Å². The minimum absolute atomic E-state index is 0.0997. The summed E-state index contributed by atoms with van der Waals surface area (Å²) in [5.41, 5.74) is 1.69. The second-order valence-electron chi connectivity index (χ2n) is 4.61. The van der Waals surface area contributed by atoms with Crippen LogP contribution in [0.1, 0.15) is 11.8 Å². The van der Waals surface area contributed by atoms with Gasteiger partial charge in [-0.05, 0) is 35.0 Å². The molecule has 0 aliphatic carbocycles. The summed E-state index contributed by atoms with van der Waals surface area (Å²) < 4.78 is 1.06. The molecule has 0 aliphatic heterocycles. The van der Waals surface area contributed by atoms with E-state index in [4.69, 9.17) is 0 Å². The van der Waals surface area contributed by atoms with Crippen molar-refractivity contribution >= 4 is 44.3 Å². The Morgan fingerprint density at radius 3 is 2.71 bits per heavy atom. The molecule has 0 fully saturated rings. The Morgan fingerprint density at radius 1 is 1.38 bits per heavy atom. The molecule has 0 saturated heterocycles. The van der Waals surface area contributed by atoms with Gasteiger partial charge in [0.05, 0.1) is 11.5 Å². The Balaban J connectivity index is 2.26. The zero-order valence-electron chi connectivity index (χ0n) is 11.8. The molecule has 2 aromatic rings. The predicted octanol–water partition coefficient (Wildman–Crippen LogP) is 4.49. The van der Waals surface area contributed by atoms with E-state index in [9.17, 15) is 10.1 Å². The smallest absolute Gasteiger partial charge is 0.273 e. The Morgan fingerprint density at radius 2 is 2.14 bits per heavy atom. The molecule has 0 saturated carbocycles. The van der Waals surface area contributed by atoms with Crippen LogP contribution in [0.4, 0.5) is 17.1 Å². The number of rotatable bonds is 6. The van der Waals surface area contributed by atoms with Gasteiger partial charge in [-0.2, -0.15) is 0 Å². The van der Waals surface area contributed by atoms with Gasteiger partial charge in [-0.15, -0.1) is 11.3 Å². The lowest BCUT2D eigenvalue weighted by Gasteiger charge is -2.19. The molecule has 21 heavy (non-hydrogen) atoms. The lowest BCUT2D eigenvalue weighted by Crippen LogP contribution is -2.16. The first-order valence-electron chi connectivity index (χ1n) is 6.47. The lowest BCUT2D eigenvalue weighted by atomic mass is 10.2. The van der Waals surface area contributed by atoms with Crippen molar-refractivity contribution in [3.8, 4) is 0 Å². The van der Waals surface area contributed by atoms with Crippen LogP contribution in [0.2, 0.25) is 0 Å². The summed E-state index contributed by atoms with van der Waals surface area (Å²) in [6.07, 6.45) is 0. The molecular weight excluding hydrogens is 354 g/mol. The fraction of sp³-hybridized carbons (Fsp3) is 0.286. The molecule has 0 aliphatic rings. The van der Waals surface area contributed by atoms with E-state index in [1.807, 2.05) is 30.3 Å². The van der Waals surface area contributed by atoms with Crippen LogP contribution in [-0.2, 0) is 6.54 Å². The van der Waals surface area contributed by atoms with Gasteiger partial charge in [-0.3, -0.25) is 10.1 Å². The van der Waals surface area contributed by atoms with E-state index in [2.05, 4.69) is 27.3 Å². The van der Waals surface area contributed by atoms with Crippen LogP contribution in [0.5, 0.6) is 0 Å². The van der Waals surface area contributed by atoms with E-state index in [0.29, 0.717) is 6.54 Å². The highest BCUT2D eigenvalue weighted by Gasteiger charge is 2.13. The van der Waals surface area contributed by atoms with Crippen LogP contribution >= 0.6 is 27.3 Å². The van der Waals surface area contributed by atoms with E-state index in [0.717, 1.165) is 22.4 Å². The topological polar surface area (TPSA) is 58.4 Å². The van der Waals surface area contributed by atoms with Crippen LogP contribution in [0, 0.1) is 10.1 Å². The number of thiophene rings is 1. The zero-order valence-corrected chi connectivity index (χ0v) is 14.2. The standard InChI is InChI=1S/C14H16BrN3O2S/c1-3-16-11-5-12(7-13(6-11)18(19)20)17(2)8-14-4-10(15)9-21-14/h4-7,9,16H,3,8H2,1-2H3. The fourth-order valence-corrected chi connectivity index (χ4v) is 3.49. The third kappa shape index (κ3) is 4.18. The molecular formula is C14H16BrN3O2S. The van der Waals surface area contributed by atoms with Crippen molar-refractivity contribution < 1.29 is 4.92 Å². The molecule has 112 valence electrons. The summed E-state index contributed by atoms with van der Waals surface area (Å²) in [5.74, 6) is 0. The van der Waals surface area contributed by atoms with Crippen LogP contribution in [0.15, 0.2) is 34.1 Å². The lowest BCUT2D eigenvalue weighted by molar-refractivity contribution is -0.384. The summed E-state index contributed by atoms with van der Waals surface area (Å²) in [6.45, 7) is 3.40. The van der Waals surface area contributed by atoms with Crippen LogP contribution in [-0.4, -0.2) is 18.5 Å². The highest BCUT2D eigenvalue weighted by molar-refractivity contribution is 9.10. The first kappa shape index (κ1) is 15.8. The number of anilines is 2. The number of nitrogens with one attached hydrogen (secondary N) is 1. The minimum Gasteiger partial charge on any atom is -0.385 e. The minimum atomic E-state index is -0.361. The molecule has 1 heterocycles. The average Bonchev–Trinajstić information content (AvgIpc) is 2.84. The largest absolute Gasteiger partial charge is 0.385 e. The van der Waals surface area contributed by atoms with Gasteiger partial charge in [0, 0.05) is 51.8 Å². The number of nitrogens with zero attached hydrogens (tertiary/aromatic N) is 2. The van der Waals surface area contributed by atoms with Crippen molar-refractivity contribution in [2.75, 3.05) is 23.8 Å². The van der Waals surface area contributed by atoms with Crippen LogP contribution in [0.25, 0.3) is 0 Å². The molecule has 7 heteroatoms. The Bertz CT molecular complexity index is 645. The Kier molecular flexibility index (Phi) is 5.19. The Labute approximate surface area is 135 Å². The van der Waals surface area contributed by atoms with Crippen molar-refractivity contribution in [1.29, 1.82) is 0 Å². The molecule has 2 rings (SSSR count). The van der Waals surface area contributed by atoms with Crippen LogP contribution in [0.3, 0.4) is 0 Å². The number of halogens is 1. The second-order valence-corrected chi connectivity index (χ2v) is 6.52. The highest BCUT2D eigenvalue weighted by Crippen LogP contribution is 2.28. The Hall–Kier alpha value is -1.60. The number of hydrogen-bond acceptors (Lipinski definition) is 5. The third-order valence-corrected chi connectivity index (χ3v) is 4.63.